The molecule has 0 radical (unpaired) electrons. The number of hydroxylamine groups is 1. The molecule has 0 bridgehead atoms. The summed E-state index contributed by atoms with van der Waals surface area (Å²) in [6, 6.07) is 2.75. The summed E-state index contributed by atoms with van der Waals surface area (Å²) in [7, 11) is 1.35. The summed E-state index contributed by atoms with van der Waals surface area (Å²) < 4.78 is 27.9. The third kappa shape index (κ3) is 6.45. The van der Waals surface area contributed by atoms with Gasteiger partial charge < -0.3 is 38.7 Å². The fourth-order valence-corrected chi connectivity index (χ4v) is 4.17. The van der Waals surface area contributed by atoms with Crippen molar-refractivity contribution >= 4 is 23.0 Å². The summed E-state index contributed by atoms with van der Waals surface area (Å²) in [6.45, 7) is 4.32. The number of aryl methyl sites for hydroxylation is 1. The summed E-state index contributed by atoms with van der Waals surface area (Å²) in [5.41, 5.74) is 3.80. The van der Waals surface area contributed by atoms with Crippen LogP contribution in [-0.4, -0.2) is 84.4 Å². The molecule has 15 nitrogen and oxygen atoms in total. The number of rotatable bonds is 10. The van der Waals surface area contributed by atoms with Gasteiger partial charge in [0.05, 0.1) is 17.6 Å². The normalized spacial score (nSPS) is 21.8. The van der Waals surface area contributed by atoms with E-state index in [1.807, 2.05) is 5.48 Å². The molecule has 0 aliphatic carbocycles. The molecule has 0 saturated carbocycles. The minimum atomic E-state index is -1.57. The van der Waals surface area contributed by atoms with Crippen molar-refractivity contribution in [2.24, 2.45) is 0 Å². The van der Waals surface area contributed by atoms with E-state index in [1.165, 1.54) is 26.2 Å². The monoisotopic (exact) mass is 565 g/mol. The molecule has 1 aliphatic rings. The number of aromatic hydroxyl groups is 1. The molecule has 218 valence electrons. The smallest absolute Gasteiger partial charge is 0.431 e. The number of amides is 2. The zero-order valence-corrected chi connectivity index (χ0v) is 22.2. The third-order valence-electron chi connectivity index (χ3n) is 5.98. The Morgan fingerprint density at radius 3 is 2.65 bits per heavy atom. The molecule has 1 fully saturated rings. The lowest BCUT2D eigenvalue weighted by Gasteiger charge is -2.47. The van der Waals surface area contributed by atoms with Crippen molar-refractivity contribution in [3.05, 3.63) is 33.7 Å². The highest BCUT2D eigenvalue weighted by Crippen LogP contribution is 2.37. The summed E-state index contributed by atoms with van der Waals surface area (Å²) in [6.07, 6.45) is -1.14. The molecule has 15 heteroatoms. The molecule has 1 saturated heterocycles. The van der Waals surface area contributed by atoms with Crippen LogP contribution in [0.5, 0.6) is 11.5 Å². The van der Waals surface area contributed by atoms with Gasteiger partial charge in [0.1, 0.15) is 29.8 Å². The van der Waals surface area contributed by atoms with E-state index in [-0.39, 0.29) is 42.0 Å². The van der Waals surface area contributed by atoms with Crippen molar-refractivity contribution < 1.29 is 53.1 Å². The van der Waals surface area contributed by atoms with E-state index in [0.29, 0.717) is 0 Å². The Morgan fingerprint density at radius 1 is 1.27 bits per heavy atom. The Hall–Kier alpha value is -3.91. The second-order valence-electron chi connectivity index (χ2n) is 9.10. The molecular weight excluding hydrogens is 534 g/mol. The number of hydrazine groups is 1. The highest BCUT2D eigenvalue weighted by atomic mass is 16.7. The van der Waals surface area contributed by atoms with Gasteiger partial charge in [-0.2, -0.15) is 5.48 Å². The van der Waals surface area contributed by atoms with Crippen LogP contribution >= 0.6 is 0 Å². The molecule has 4 atom stereocenters. The first-order valence-corrected chi connectivity index (χ1v) is 12.0. The largest absolute Gasteiger partial charge is 0.506 e. The van der Waals surface area contributed by atoms with Gasteiger partial charge in [-0.05, 0) is 32.9 Å². The van der Waals surface area contributed by atoms with Gasteiger partial charge in [-0.3, -0.25) is 15.1 Å². The van der Waals surface area contributed by atoms with Gasteiger partial charge >= 0.3 is 11.7 Å². The molecule has 3 rings (SSSR count). The van der Waals surface area contributed by atoms with Crippen molar-refractivity contribution in [1.29, 1.82) is 0 Å². The van der Waals surface area contributed by atoms with Crippen molar-refractivity contribution in [3.8, 4) is 23.8 Å². The van der Waals surface area contributed by atoms with Crippen LogP contribution in [0.25, 0.3) is 11.0 Å². The second-order valence-corrected chi connectivity index (χ2v) is 9.10. The predicted molar refractivity (Wildman–Crippen MR) is 136 cm³/mol. The van der Waals surface area contributed by atoms with Gasteiger partial charge in [-0.1, -0.05) is 5.92 Å². The molecule has 1 aromatic heterocycles. The Morgan fingerprint density at radius 2 is 2.00 bits per heavy atom. The molecule has 2 amide bonds. The quantitative estimate of drug-likeness (QED) is 0.0938. The van der Waals surface area contributed by atoms with Crippen molar-refractivity contribution in [1.82, 2.24) is 16.3 Å². The minimum Gasteiger partial charge on any atom is -0.506 e. The number of ether oxygens (including phenoxy) is 4. The number of terminal acetylenes is 1. The highest BCUT2D eigenvalue weighted by Gasteiger charge is 2.53. The third-order valence-corrected chi connectivity index (χ3v) is 5.98. The van der Waals surface area contributed by atoms with Gasteiger partial charge in [0.15, 0.2) is 17.8 Å². The number of methoxy groups -OCH3 is 1. The maximum Gasteiger partial charge on any atom is 0.431 e. The standard InChI is InChI=1S/C25H31N3O12/c1-6-11-36-28-24(34)39-19-17(31)23(40-25(3,4)20(19)35-5)37-14-8-7-13-16(30)15(21(32)27-26-9-10-29)22(33)38-18(13)12(14)2/h1,7-8,17,19-20,23,26,29-31H,9-11H2,2-5H3,(H,27,32)(H,28,34)/t17-,19+,20-,23-/m1/s1. The fraction of sp³-hybridized carbons (Fsp3) is 0.480. The Bertz CT molecular complexity index is 1340. The van der Waals surface area contributed by atoms with E-state index in [4.69, 9.17) is 39.7 Å². The van der Waals surface area contributed by atoms with E-state index in [0.717, 1.165) is 0 Å². The summed E-state index contributed by atoms with van der Waals surface area (Å²) >= 11 is 0. The molecule has 6 N–H and O–H groups in total. The van der Waals surface area contributed by atoms with Crippen LogP contribution in [-0.2, 0) is 19.0 Å². The average Bonchev–Trinajstić information content (AvgIpc) is 2.89. The Kier molecular flexibility index (Phi) is 9.93. The van der Waals surface area contributed by atoms with Crippen LogP contribution in [0.4, 0.5) is 4.79 Å². The molecule has 0 spiro atoms. The van der Waals surface area contributed by atoms with E-state index in [2.05, 4.69) is 16.8 Å². The van der Waals surface area contributed by atoms with E-state index in [9.17, 15) is 24.6 Å². The van der Waals surface area contributed by atoms with E-state index in [1.54, 1.807) is 13.8 Å². The number of benzene rings is 1. The number of aliphatic hydroxyl groups is 2. The first kappa shape index (κ1) is 30.6. The first-order chi connectivity index (χ1) is 19.0. The lowest BCUT2D eigenvalue weighted by atomic mass is 9.89. The maximum atomic E-state index is 12.6. The fourth-order valence-electron chi connectivity index (χ4n) is 4.17. The lowest BCUT2D eigenvalue weighted by molar-refractivity contribution is -0.305. The summed E-state index contributed by atoms with van der Waals surface area (Å²) in [4.78, 5) is 41.9. The van der Waals surface area contributed by atoms with E-state index < -0.39 is 59.1 Å². The first-order valence-electron chi connectivity index (χ1n) is 12.0. The Balaban J connectivity index is 1.90. The summed E-state index contributed by atoms with van der Waals surface area (Å²) in [5, 5.41) is 30.5. The van der Waals surface area contributed by atoms with Crippen molar-refractivity contribution in [3.63, 3.8) is 0 Å². The number of carbonyl (C=O) groups is 2. The van der Waals surface area contributed by atoms with Crippen LogP contribution in [0.1, 0.15) is 29.8 Å². The average molecular weight is 566 g/mol. The molecule has 1 aliphatic heterocycles. The number of fused-ring (bicyclic) bond motifs is 1. The number of hydrogen-bond donors (Lipinski definition) is 6. The molecule has 2 aromatic rings. The van der Waals surface area contributed by atoms with Crippen LogP contribution in [0.3, 0.4) is 0 Å². The zero-order valence-electron chi connectivity index (χ0n) is 22.2. The van der Waals surface area contributed by atoms with Crippen molar-refractivity contribution in [2.75, 3.05) is 26.9 Å². The molecule has 40 heavy (non-hydrogen) atoms. The molecule has 2 heterocycles. The molecule has 1 aromatic carbocycles. The van der Waals surface area contributed by atoms with Crippen LogP contribution in [0.15, 0.2) is 21.3 Å². The number of nitrogens with one attached hydrogen (secondary N) is 3. The lowest BCUT2D eigenvalue weighted by Crippen LogP contribution is -2.65. The van der Waals surface area contributed by atoms with Gasteiger partial charge in [0.25, 0.3) is 5.91 Å². The number of carbonyl (C=O) groups excluding carboxylic acids is 2. The van der Waals surface area contributed by atoms with Crippen molar-refractivity contribution in [2.45, 2.75) is 51.0 Å². The molecule has 0 unspecified atom stereocenters. The van der Waals surface area contributed by atoms with Gasteiger partial charge in [0.2, 0.25) is 6.29 Å². The second kappa shape index (κ2) is 13.0. The zero-order chi connectivity index (χ0) is 29.6. The Labute approximate surface area is 228 Å². The minimum absolute atomic E-state index is 0.0123. The van der Waals surface area contributed by atoms with Gasteiger partial charge in [-0.25, -0.2) is 15.0 Å². The van der Waals surface area contributed by atoms with E-state index >= 15 is 0 Å². The SMILES string of the molecule is C#CCONC(=O)O[C@H]1[C@@H](O)[C@H](Oc2ccc3c(O)c(C(=O)NNCCO)c(=O)oc3c2C)OC(C)(C)[C@@H]1OC. The van der Waals surface area contributed by atoms with Crippen LogP contribution < -0.4 is 26.7 Å². The van der Waals surface area contributed by atoms with Gasteiger partial charge in [0, 0.05) is 19.2 Å². The van der Waals surface area contributed by atoms with Crippen LogP contribution in [0.2, 0.25) is 0 Å². The van der Waals surface area contributed by atoms with Gasteiger partial charge in [-0.15, -0.1) is 6.42 Å². The topological polar surface area (TPSA) is 207 Å². The maximum absolute atomic E-state index is 12.6. The number of aliphatic hydroxyl groups excluding tert-OH is 2. The molecular formula is C25H31N3O12. The highest BCUT2D eigenvalue weighted by molar-refractivity contribution is 6.01. The number of hydrogen-bond acceptors (Lipinski definition) is 13. The summed E-state index contributed by atoms with van der Waals surface area (Å²) in [5.74, 6) is 0.661. The predicted octanol–water partition coefficient (Wildman–Crippen LogP) is -0.417. The van der Waals surface area contributed by atoms with Crippen LogP contribution in [0, 0.1) is 19.3 Å².